The molecule has 0 aliphatic heterocycles. The highest BCUT2D eigenvalue weighted by atomic mass is 16.6. The fraction of sp³-hybridized carbons (Fsp3) is 0.0769. The molecule has 0 saturated carbocycles. The van der Waals surface area contributed by atoms with Gasteiger partial charge in [-0.1, -0.05) is 36.4 Å². The number of benzene rings is 1. The van der Waals surface area contributed by atoms with Crippen molar-refractivity contribution in [3.63, 3.8) is 0 Å². The van der Waals surface area contributed by atoms with E-state index < -0.39 is 0 Å². The van der Waals surface area contributed by atoms with Gasteiger partial charge < -0.3 is 11.5 Å². The van der Waals surface area contributed by atoms with Gasteiger partial charge in [0.05, 0.1) is 6.21 Å². The van der Waals surface area contributed by atoms with Gasteiger partial charge in [-0.05, 0) is 28.4 Å². The van der Waals surface area contributed by atoms with Gasteiger partial charge in [0.15, 0.2) is 17.3 Å². The zero-order valence-electron chi connectivity index (χ0n) is 10.9. The Bertz CT molecular complexity index is 657. The first kappa shape index (κ1) is 13.5. The molecule has 0 bridgehead atoms. The van der Waals surface area contributed by atoms with E-state index in [2.05, 4.69) is 25.1 Å². The molecule has 20 heavy (non-hydrogen) atoms. The Kier molecular flexibility index (Phi) is 4.23. The van der Waals surface area contributed by atoms with Crippen molar-refractivity contribution >= 4 is 23.9 Å². The summed E-state index contributed by atoms with van der Waals surface area (Å²) in [5.41, 5.74) is 13.3. The lowest BCUT2D eigenvalue weighted by Crippen LogP contribution is -2.15. The second kappa shape index (κ2) is 6.28. The molecule has 2 rings (SSSR count). The van der Waals surface area contributed by atoms with E-state index in [4.69, 9.17) is 11.5 Å². The summed E-state index contributed by atoms with van der Waals surface area (Å²) in [6, 6.07) is 9.88. The van der Waals surface area contributed by atoms with Crippen LogP contribution in [0.2, 0.25) is 0 Å². The number of allylic oxidation sites excluding steroid dienone is 1. The first-order chi connectivity index (χ1) is 9.66. The van der Waals surface area contributed by atoms with Gasteiger partial charge in [0.25, 0.3) is 0 Å². The van der Waals surface area contributed by atoms with Gasteiger partial charge in [-0.3, -0.25) is 0 Å². The van der Waals surface area contributed by atoms with Gasteiger partial charge in [-0.15, -0.1) is 5.10 Å². The van der Waals surface area contributed by atoms with Crippen LogP contribution in [0.3, 0.4) is 0 Å². The van der Waals surface area contributed by atoms with Crippen molar-refractivity contribution in [1.29, 1.82) is 0 Å². The molecule has 0 saturated heterocycles. The lowest BCUT2D eigenvalue weighted by Gasteiger charge is -1.94. The molecule has 7 nitrogen and oxygen atoms in total. The number of nitrogen functional groups attached to an aromatic ring is 1. The molecule has 1 aromatic carbocycles. The van der Waals surface area contributed by atoms with E-state index in [-0.39, 0.29) is 17.3 Å². The highest BCUT2D eigenvalue weighted by molar-refractivity contribution is 5.99. The fourth-order valence-electron chi connectivity index (χ4n) is 1.45. The van der Waals surface area contributed by atoms with Gasteiger partial charge >= 0.3 is 0 Å². The molecular weight excluding hydrogens is 256 g/mol. The predicted molar refractivity (Wildman–Crippen MR) is 78.0 cm³/mol. The number of rotatable bonds is 4. The van der Waals surface area contributed by atoms with Crippen LogP contribution in [0.15, 0.2) is 50.7 Å². The second-order valence-corrected chi connectivity index (χ2v) is 4.03. The molecule has 0 aliphatic rings. The zero-order chi connectivity index (χ0) is 14.4. The van der Waals surface area contributed by atoms with Crippen LogP contribution >= 0.6 is 0 Å². The Morgan fingerprint density at radius 3 is 2.65 bits per heavy atom. The molecule has 0 atom stereocenters. The third-order valence-corrected chi connectivity index (χ3v) is 2.38. The normalized spacial score (nSPS) is 13.1. The maximum Gasteiger partial charge on any atom is 0.199 e. The Morgan fingerprint density at radius 1 is 1.25 bits per heavy atom. The summed E-state index contributed by atoms with van der Waals surface area (Å²) >= 11 is 0. The van der Waals surface area contributed by atoms with Crippen LogP contribution in [-0.2, 0) is 0 Å². The number of aromatic nitrogens is 2. The van der Waals surface area contributed by atoms with Gasteiger partial charge in [-0.2, -0.15) is 5.10 Å². The topological polar surface area (TPSA) is 116 Å². The molecule has 102 valence electrons. The Balaban J connectivity index is 2.06. The monoisotopic (exact) mass is 270 g/mol. The summed E-state index contributed by atoms with van der Waals surface area (Å²) in [5.74, 6) is 0.130. The molecule has 0 amide bonds. The number of amidine groups is 1. The molecule has 2 aromatic rings. The van der Waals surface area contributed by atoms with Crippen molar-refractivity contribution in [2.75, 3.05) is 5.73 Å². The summed E-state index contributed by atoms with van der Waals surface area (Å²) in [4.78, 5) is 0. The van der Waals surface area contributed by atoms with Crippen LogP contribution < -0.4 is 11.5 Å². The summed E-state index contributed by atoms with van der Waals surface area (Å²) in [6.45, 7) is 1.91. The van der Waals surface area contributed by atoms with E-state index in [0.29, 0.717) is 0 Å². The molecule has 1 aromatic heterocycles. The van der Waals surface area contributed by atoms with E-state index >= 15 is 0 Å². The van der Waals surface area contributed by atoms with Gasteiger partial charge in [-0.25, -0.2) is 4.63 Å². The summed E-state index contributed by atoms with van der Waals surface area (Å²) in [6.07, 6.45) is 3.56. The van der Waals surface area contributed by atoms with Crippen LogP contribution in [0.5, 0.6) is 0 Å². The van der Waals surface area contributed by atoms with Gasteiger partial charge in [0, 0.05) is 0 Å². The smallest absolute Gasteiger partial charge is 0.199 e. The number of nitrogens with zero attached hydrogens (tertiary/aromatic N) is 4. The van der Waals surface area contributed by atoms with Crippen LogP contribution in [0, 0.1) is 0 Å². The van der Waals surface area contributed by atoms with Crippen molar-refractivity contribution in [2.45, 2.75) is 6.92 Å². The van der Waals surface area contributed by atoms with Crippen LogP contribution in [0.25, 0.3) is 6.08 Å². The highest BCUT2D eigenvalue weighted by Crippen LogP contribution is 2.05. The Labute approximate surface area is 115 Å². The Morgan fingerprint density at radius 2 is 2.00 bits per heavy atom. The van der Waals surface area contributed by atoms with Crippen molar-refractivity contribution in [2.24, 2.45) is 15.9 Å². The standard InChI is InChI=1S/C13H14N6O/c1-9(7-10-5-3-2-4-6-10)8-16-17-12(14)11-13(15)19-20-18-11/h2-8H,1H3,(H2,14,17)(H2,15,19). The minimum atomic E-state index is 0.0486. The molecule has 0 fully saturated rings. The minimum absolute atomic E-state index is 0.0486. The molecule has 1 heterocycles. The molecule has 0 radical (unpaired) electrons. The van der Waals surface area contributed by atoms with Crippen LogP contribution in [0.4, 0.5) is 5.82 Å². The summed E-state index contributed by atoms with van der Waals surface area (Å²) in [7, 11) is 0. The average Bonchev–Trinajstić information content (AvgIpc) is 2.86. The van der Waals surface area contributed by atoms with E-state index in [1.807, 2.05) is 43.3 Å². The first-order valence-electron chi connectivity index (χ1n) is 5.85. The van der Waals surface area contributed by atoms with Crippen molar-refractivity contribution in [3.8, 4) is 0 Å². The second-order valence-electron chi connectivity index (χ2n) is 4.03. The maximum atomic E-state index is 5.65. The van der Waals surface area contributed by atoms with E-state index in [1.54, 1.807) is 6.21 Å². The molecular formula is C13H14N6O. The Hall–Kier alpha value is -2.96. The van der Waals surface area contributed by atoms with Crippen molar-refractivity contribution < 1.29 is 4.63 Å². The molecule has 0 unspecified atom stereocenters. The first-order valence-corrected chi connectivity index (χ1v) is 5.85. The largest absolute Gasteiger partial charge is 0.380 e. The highest BCUT2D eigenvalue weighted by Gasteiger charge is 2.09. The molecule has 0 spiro atoms. The van der Waals surface area contributed by atoms with Gasteiger partial charge in [0.2, 0.25) is 0 Å². The fourth-order valence-corrected chi connectivity index (χ4v) is 1.45. The van der Waals surface area contributed by atoms with Crippen LogP contribution in [-0.4, -0.2) is 22.4 Å². The predicted octanol–water partition coefficient (Wildman–Crippen LogP) is 1.45. The van der Waals surface area contributed by atoms with E-state index in [1.165, 1.54) is 0 Å². The number of hydrogen-bond acceptors (Lipinski definition) is 6. The average molecular weight is 270 g/mol. The number of nitrogens with two attached hydrogens (primary N) is 2. The van der Waals surface area contributed by atoms with Crippen molar-refractivity contribution in [3.05, 3.63) is 47.2 Å². The lowest BCUT2D eigenvalue weighted by molar-refractivity contribution is 0.308. The van der Waals surface area contributed by atoms with Gasteiger partial charge in [0.1, 0.15) is 0 Å². The maximum absolute atomic E-state index is 5.65. The zero-order valence-corrected chi connectivity index (χ0v) is 10.9. The van der Waals surface area contributed by atoms with Crippen molar-refractivity contribution in [1.82, 2.24) is 10.3 Å². The molecule has 0 aliphatic carbocycles. The number of hydrogen-bond donors (Lipinski definition) is 2. The third kappa shape index (κ3) is 3.52. The van der Waals surface area contributed by atoms with Crippen LogP contribution in [0.1, 0.15) is 18.2 Å². The molecule has 4 N–H and O–H groups in total. The quantitative estimate of drug-likeness (QED) is 0.495. The lowest BCUT2D eigenvalue weighted by atomic mass is 10.1. The molecule has 7 heteroatoms. The summed E-state index contributed by atoms with van der Waals surface area (Å²) < 4.78 is 4.42. The van der Waals surface area contributed by atoms with E-state index in [9.17, 15) is 0 Å². The van der Waals surface area contributed by atoms with E-state index in [0.717, 1.165) is 11.1 Å². The summed E-state index contributed by atoms with van der Waals surface area (Å²) in [5, 5.41) is 14.6. The number of anilines is 1. The third-order valence-electron chi connectivity index (χ3n) is 2.38. The SMILES string of the molecule is CC(C=N/N=C(\N)c1nonc1N)=Cc1ccccc1. The minimum Gasteiger partial charge on any atom is -0.380 e.